The maximum Gasteiger partial charge on any atom is 0.254 e. The Hall–Kier alpha value is -2.44. The van der Waals surface area contributed by atoms with Crippen LogP contribution in [-0.4, -0.2) is 27.3 Å². The number of carbonyl (C=O) groups is 1. The third kappa shape index (κ3) is 3.24. The summed E-state index contributed by atoms with van der Waals surface area (Å²) in [5, 5.41) is 20.6. The normalized spacial score (nSPS) is 12.0. The smallest absolute Gasteiger partial charge is 0.254 e. The minimum Gasteiger partial charge on any atom is -0.387 e. The fourth-order valence-corrected chi connectivity index (χ4v) is 2.74. The van der Waals surface area contributed by atoms with Crippen LogP contribution in [-0.2, 0) is 0 Å². The second kappa shape index (κ2) is 6.55. The van der Waals surface area contributed by atoms with Crippen LogP contribution in [0, 0.1) is 0 Å². The van der Waals surface area contributed by atoms with Crippen molar-refractivity contribution in [2.45, 2.75) is 6.10 Å². The zero-order valence-electron chi connectivity index (χ0n) is 11.7. The lowest BCUT2D eigenvalue weighted by Gasteiger charge is -2.09. The summed E-state index contributed by atoms with van der Waals surface area (Å²) in [6, 6.07) is 11.4. The Morgan fingerprint density at radius 2 is 2.14 bits per heavy atom. The average molecular weight is 313 g/mol. The summed E-state index contributed by atoms with van der Waals surface area (Å²) in [4.78, 5) is 12.1. The molecule has 0 spiro atoms. The van der Waals surface area contributed by atoms with Gasteiger partial charge in [-0.25, -0.2) is 4.68 Å². The molecule has 3 aromatic rings. The predicted molar refractivity (Wildman–Crippen MR) is 85.2 cm³/mol. The minimum atomic E-state index is -0.695. The fourth-order valence-electron chi connectivity index (χ4n) is 2.04. The molecule has 0 aliphatic carbocycles. The number of aromatic nitrogens is 2. The molecule has 0 radical (unpaired) electrons. The van der Waals surface area contributed by atoms with Gasteiger partial charge in [0.15, 0.2) is 0 Å². The molecule has 112 valence electrons. The highest BCUT2D eigenvalue weighted by Gasteiger charge is 2.13. The first-order valence-electron chi connectivity index (χ1n) is 6.82. The molecule has 0 bridgehead atoms. The van der Waals surface area contributed by atoms with Crippen molar-refractivity contribution in [1.29, 1.82) is 0 Å². The molecule has 2 aromatic heterocycles. The van der Waals surface area contributed by atoms with Crippen molar-refractivity contribution in [3.63, 3.8) is 0 Å². The van der Waals surface area contributed by atoms with Gasteiger partial charge in [-0.2, -0.15) is 16.4 Å². The molecule has 5 nitrogen and oxygen atoms in total. The molecule has 1 atom stereocenters. The Morgan fingerprint density at radius 3 is 2.86 bits per heavy atom. The van der Waals surface area contributed by atoms with E-state index in [1.807, 2.05) is 47.2 Å². The number of benzene rings is 1. The van der Waals surface area contributed by atoms with Crippen LogP contribution in [0.1, 0.15) is 22.0 Å². The summed E-state index contributed by atoms with van der Waals surface area (Å²) in [7, 11) is 0. The Kier molecular flexibility index (Phi) is 4.32. The van der Waals surface area contributed by atoms with E-state index in [-0.39, 0.29) is 12.5 Å². The number of nitrogens with one attached hydrogen (secondary N) is 1. The van der Waals surface area contributed by atoms with Crippen LogP contribution in [0.3, 0.4) is 0 Å². The molecule has 2 N–H and O–H groups in total. The highest BCUT2D eigenvalue weighted by atomic mass is 32.1. The molecule has 1 aromatic carbocycles. The molecule has 0 saturated heterocycles. The van der Waals surface area contributed by atoms with Crippen molar-refractivity contribution in [3.8, 4) is 5.69 Å². The molecule has 3 rings (SSSR count). The van der Waals surface area contributed by atoms with Crippen LogP contribution in [0.15, 0.2) is 59.6 Å². The summed E-state index contributed by atoms with van der Waals surface area (Å²) in [5.74, 6) is -0.253. The number of aliphatic hydroxyl groups excluding tert-OH is 1. The van der Waals surface area contributed by atoms with Gasteiger partial charge >= 0.3 is 0 Å². The molecule has 0 saturated carbocycles. The number of aliphatic hydroxyl groups is 1. The van der Waals surface area contributed by atoms with Gasteiger partial charge < -0.3 is 10.4 Å². The third-order valence-corrected chi connectivity index (χ3v) is 3.95. The largest absolute Gasteiger partial charge is 0.387 e. The van der Waals surface area contributed by atoms with E-state index in [1.54, 1.807) is 10.9 Å². The highest BCUT2D eigenvalue weighted by Crippen LogP contribution is 2.15. The molecule has 2 heterocycles. The standard InChI is InChI=1S/C16H15N3O2S/c20-15(12-6-7-22-11-12)9-17-16(21)13-8-18-19(10-13)14-4-2-1-3-5-14/h1-8,10-11,15,20H,9H2,(H,17,21). The Morgan fingerprint density at radius 1 is 1.32 bits per heavy atom. The van der Waals surface area contributed by atoms with Crippen LogP contribution in [0.4, 0.5) is 0 Å². The molecule has 6 heteroatoms. The van der Waals surface area contributed by atoms with E-state index < -0.39 is 6.10 Å². The number of hydrogen-bond acceptors (Lipinski definition) is 4. The third-order valence-electron chi connectivity index (χ3n) is 3.25. The molecule has 1 amide bonds. The first kappa shape index (κ1) is 14.5. The summed E-state index contributed by atoms with van der Waals surface area (Å²) in [5.41, 5.74) is 2.16. The lowest BCUT2D eigenvalue weighted by Crippen LogP contribution is -2.27. The summed E-state index contributed by atoms with van der Waals surface area (Å²) >= 11 is 1.51. The lowest BCUT2D eigenvalue weighted by atomic mass is 10.2. The fraction of sp³-hybridized carbons (Fsp3) is 0.125. The number of nitrogens with zero attached hydrogens (tertiary/aromatic N) is 2. The van der Waals surface area contributed by atoms with Crippen molar-refractivity contribution in [2.75, 3.05) is 6.54 Å². The van der Waals surface area contributed by atoms with Crippen LogP contribution in [0.2, 0.25) is 0 Å². The van der Waals surface area contributed by atoms with Gasteiger partial charge in [0.05, 0.1) is 23.6 Å². The summed E-state index contributed by atoms with van der Waals surface area (Å²) in [6.45, 7) is 0.173. The van der Waals surface area contributed by atoms with E-state index in [4.69, 9.17) is 0 Å². The van der Waals surface area contributed by atoms with Crippen LogP contribution >= 0.6 is 11.3 Å². The molecule has 1 unspecified atom stereocenters. The molecule has 0 aliphatic rings. The Labute approximate surface area is 131 Å². The van der Waals surface area contributed by atoms with Crippen molar-refractivity contribution < 1.29 is 9.90 Å². The van der Waals surface area contributed by atoms with E-state index in [0.29, 0.717) is 5.56 Å². The molecular weight excluding hydrogens is 298 g/mol. The summed E-state index contributed by atoms with van der Waals surface area (Å²) < 4.78 is 1.64. The van der Waals surface area contributed by atoms with Crippen LogP contribution in [0.25, 0.3) is 5.69 Å². The molecule has 0 aliphatic heterocycles. The van der Waals surface area contributed by atoms with E-state index in [0.717, 1.165) is 11.3 Å². The maximum absolute atomic E-state index is 12.1. The van der Waals surface area contributed by atoms with E-state index in [2.05, 4.69) is 10.4 Å². The van der Waals surface area contributed by atoms with Gasteiger partial charge in [-0.3, -0.25) is 4.79 Å². The average Bonchev–Trinajstić information content (AvgIpc) is 3.24. The topological polar surface area (TPSA) is 67.2 Å². The van der Waals surface area contributed by atoms with Crippen molar-refractivity contribution in [3.05, 3.63) is 70.7 Å². The number of carbonyl (C=O) groups excluding carboxylic acids is 1. The maximum atomic E-state index is 12.1. The van der Waals surface area contributed by atoms with Crippen LogP contribution in [0.5, 0.6) is 0 Å². The van der Waals surface area contributed by atoms with Gasteiger partial charge in [0.1, 0.15) is 0 Å². The Bertz CT molecular complexity index is 738. The molecule has 22 heavy (non-hydrogen) atoms. The zero-order valence-corrected chi connectivity index (χ0v) is 12.5. The number of rotatable bonds is 5. The lowest BCUT2D eigenvalue weighted by molar-refractivity contribution is 0.0916. The second-order valence-electron chi connectivity index (χ2n) is 4.79. The first-order valence-corrected chi connectivity index (χ1v) is 7.77. The van der Waals surface area contributed by atoms with E-state index >= 15 is 0 Å². The van der Waals surface area contributed by atoms with E-state index in [9.17, 15) is 9.90 Å². The van der Waals surface area contributed by atoms with Gasteiger partial charge in [0.2, 0.25) is 0 Å². The quantitative estimate of drug-likeness (QED) is 0.760. The number of para-hydroxylation sites is 1. The summed E-state index contributed by atoms with van der Waals surface area (Å²) in [6.07, 6.45) is 2.49. The monoisotopic (exact) mass is 313 g/mol. The zero-order chi connectivity index (χ0) is 15.4. The Balaban J connectivity index is 1.62. The second-order valence-corrected chi connectivity index (χ2v) is 5.57. The highest BCUT2D eigenvalue weighted by molar-refractivity contribution is 7.07. The van der Waals surface area contributed by atoms with Crippen LogP contribution < -0.4 is 5.32 Å². The molecule has 0 fully saturated rings. The predicted octanol–water partition coefficient (Wildman–Crippen LogP) is 2.40. The van der Waals surface area contributed by atoms with Gasteiger partial charge in [0.25, 0.3) is 5.91 Å². The minimum absolute atomic E-state index is 0.173. The number of thiophene rings is 1. The van der Waals surface area contributed by atoms with Gasteiger partial charge in [-0.15, -0.1) is 0 Å². The van der Waals surface area contributed by atoms with Crippen molar-refractivity contribution in [2.24, 2.45) is 0 Å². The van der Waals surface area contributed by atoms with Gasteiger partial charge in [-0.1, -0.05) is 18.2 Å². The van der Waals surface area contributed by atoms with E-state index in [1.165, 1.54) is 17.5 Å². The number of amides is 1. The van der Waals surface area contributed by atoms with Gasteiger partial charge in [-0.05, 0) is 34.5 Å². The SMILES string of the molecule is O=C(NCC(O)c1ccsc1)c1cnn(-c2ccccc2)c1. The first-order chi connectivity index (χ1) is 10.7. The van der Waals surface area contributed by atoms with Gasteiger partial charge in [0, 0.05) is 12.7 Å². The molecular formula is C16H15N3O2S. The van der Waals surface area contributed by atoms with Crippen molar-refractivity contribution >= 4 is 17.2 Å². The van der Waals surface area contributed by atoms with Crippen molar-refractivity contribution in [1.82, 2.24) is 15.1 Å². The number of hydrogen-bond donors (Lipinski definition) is 2.